The second-order valence-electron chi connectivity index (χ2n) is 5.86. The molecule has 0 aromatic heterocycles. The van der Waals surface area contributed by atoms with Crippen LogP contribution in [0.5, 0.6) is 0 Å². The SMILES string of the molecule is CC1(O)CCCN(CCC(=O)Nc2ccc(C#N)cc2)C1. The molecule has 21 heavy (non-hydrogen) atoms. The molecule has 0 saturated carbocycles. The van der Waals surface area contributed by atoms with Crippen LogP contribution < -0.4 is 5.32 Å². The Labute approximate surface area is 125 Å². The molecule has 1 unspecified atom stereocenters. The normalized spacial score (nSPS) is 22.5. The first-order chi connectivity index (χ1) is 9.98. The van der Waals surface area contributed by atoms with Gasteiger partial charge in [-0.15, -0.1) is 0 Å². The van der Waals surface area contributed by atoms with Gasteiger partial charge in [-0.3, -0.25) is 9.69 Å². The highest BCUT2D eigenvalue weighted by Crippen LogP contribution is 2.20. The fourth-order valence-corrected chi connectivity index (χ4v) is 2.63. The standard InChI is InChI=1S/C16H21N3O2/c1-16(21)8-2-9-19(12-16)10-7-15(20)18-14-5-3-13(11-17)4-6-14/h3-6,21H,2,7-10,12H2,1H3,(H,18,20). The quantitative estimate of drug-likeness (QED) is 0.884. The van der Waals surface area contributed by atoms with Gasteiger partial charge in [0, 0.05) is 25.2 Å². The first kappa shape index (κ1) is 15.5. The predicted molar refractivity (Wildman–Crippen MR) is 80.7 cm³/mol. The van der Waals surface area contributed by atoms with Crippen LogP contribution in [0.25, 0.3) is 0 Å². The van der Waals surface area contributed by atoms with Gasteiger partial charge < -0.3 is 10.4 Å². The maximum absolute atomic E-state index is 11.9. The number of β-amino-alcohol motifs (C(OH)–C–C–N with tert-alkyl or cyclic N) is 1. The second-order valence-corrected chi connectivity index (χ2v) is 5.86. The molecular formula is C16H21N3O2. The molecule has 1 saturated heterocycles. The van der Waals surface area contributed by atoms with E-state index in [1.54, 1.807) is 24.3 Å². The van der Waals surface area contributed by atoms with Crippen molar-refractivity contribution in [2.75, 3.05) is 25.0 Å². The van der Waals surface area contributed by atoms with Gasteiger partial charge in [0.1, 0.15) is 0 Å². The molecule has 5 nitrogen and oxygen atoms in total. The molecule has 112 valence electrons. The molecule has 0 spiro atoms. The number of anilines is 1. The Morgan fingerprint density at radius 1 is 1.48 bits per heavy atom. The minimum absolute atomic E-state index is 0.0510. The van der Waals surface area contributed by atoms with Gasteiger partial charge in [0.25, 0.3) is 0 Å². The first-order valence-electron chi connectivity index (χ1n) is 7.23. The molecule has 2 rings (SSSR count). The van der Waals surface area contributed by atoms with E-state index in [1.165, 1.54) is 0 Å². The highest BCUT2D eigenvalue weighted by molar-refractivity contribution is 5.90. The Morgan fingerprint density at radius 3 is 2.81 bits per heavy atom. The fraction of sp³-hybridized carbons (Fsp3) is 0.500. The molecule has 0 aliphatic carbocycles. The molecule has 5 heteroatoms. The van der Waals surface area contributed by atoms with Crippen molar-refractivity contribution in [1.29, 1.82) is 5.26 Å². The number of nitrogens with one attached hydrogen (secondary N) is 1. The Morgan fingerprint density at radius 2 is 2.19 bits per heavy atom. The average Bonchev–Trinajstić information content (AvgIpc) is 2.45. The van der Waals surface area contributed by atoms with Crippen molar-refractivity contribution in [1.82, 2.24) is 4.90 Å². The Balaban J connectivity index is 1.78. The lowest BCUT2D eigenvalue weighted by Crippen LogP contribution is -2.46. The number of nitrogens with zero attached hydrogens (tertiary/aromatic N) is 2. The van der Waals surface area contributed by atoms with Gasteiger partial charge in [-0.05, 0) is 50.6 Å². The summed E-state index contributed by atoms with van der Waals surface area (Å²) < 4.78 is 0. The maximum Gasteiger partial charge on any atom is 0.225 e. The number of hydrogen-bond acceptors (Lipinski definition) is 4. The van der Waals surface area contributed by atoms with Crippen molar-refractivity contribution in [3.63, 3.8) is 0 Å². The Kier molecular flexibility index (Phi) is 4.94. The van der Waals surface area contributed by atoms with Gasteiger partial charge in [-0.1, -0.05) is 0 Å². The van der Waals surface area contributed by atoms with Crippen LogP contribution in [0, 0.1) is 11.3 Å². The van der Waals surface area contributed by atoms with E-state index in [0.717, 1.165) is 19.4 Å². The topological polar surface area (TPSA) is 76.4 Å². The van der Waals surface area contributed by atoms with Crippen LogP contribution in [0.15, 0.2) is 24.3 Å². The fourth-order valence-electron chi connectivity index (χ4n) is 2.63. The van der Waals surface area contributed by atoms with E-state index in [4.69, 9.17) is 5.26 Å². The van der Waals surface area contributed by atoms with E-state index < -0.39 is 5.60 Å². The lowest BCUT2D eigenvalue weighted by molar-refractivity contribution is -0.117. The zero-order chi connectivity index (χ0) is 15.3. The summed E-state index contributed by atoms with van der Waals surface area (Å²) in [5.74, 6) is -0.0510. The zero-order valence-electron chi connectivity index (χ0n) is 12.3. The Hall–Kier alpha value is -1.90. The van der Waals surface area contributed by atoms with Gasteiger partial charge in [0.15, 0.2) is 0 Å². The lowest BCUT2D eigenvalue weighted by atomic mass is 9.95. The van der Waals surface area contributed by atoms with Gasteiger partial charge >= 0.3 is 0 Å². The van der Waals surface area contributed by atoms with Crippen molar-refractivity contribution < 1.29 is 9.90 Å². The van der Waals surface area contributed by atoms with E-state index in [2.05, 4.69) is 10.2 Å². The van der Waals surface area contributed by atoms with Crippen LogP contribution in [0.2, 0.25) is 0 Å². The summed E-state index contributed by atoms with van der Waals surface area (Å²) in [5, 5.41) is 21.6. The van der Waals surface area contributed by atoms with Crippen LogP contribution in [-0.4, -0.2) is 41.1 Å². The van der Waals surface area contributed by atoms with Gasteiger partial charge in [-0.25, -0.2) is 0 Å². The number of rotatable bonds is 4. The Bertz CT molecular complexity index is 531. The van der Waals surface area contributed by atoms with Crippen molar-refractivity contribution in [2.45, 2.75) is 31.8 Å². The summed E-state index contributed by atoms with van der Waals surface area (Å²) >= 11 is 0. The molecule has 2 N–H and O–H groups in total. The number of aliphatic hydroxyl groups is 1. The number of piperidine rings is 1. The van der Waals surface area contributed by atoms with E-state index >= 15 is 0 Å². The van der Waals surface area contributed by atoms with E-state index in [0.29, 0.717) is 30.8 Å². The largest absolute Gasteiger partial charge is 0.389 e. The third-order valence-electron chi connectivity index (χ3n) is 3.71. The molecule has 1 fully saturated rings. The maximum atomic E-state index is 11.9. The number of hydrogen-bond donors (Lipinski definition) is 2. The first-order valence-corrected chi connectivity index (χ1v) is 7.23. The summed E-state index contributed by atoms with van der Waals surface area (Å²) in [5.41, 5.74) is 0.634. The summed E-state index contributed by atoms with van der Waals surface area (Å²) in [7, 11) is 0. The molecule has 1 heterocycles. The van der Waals surface area contributed by atoms with Gasteiger partial charge in [0.05, 0.1) is 17.2 Å². The van der Waals surface area contributed by atoms with Gasteiger partial charge in [0.2, 0.25) is 5.91 Å². The third-order valence-corrected chi connectivity index (χ3v) is 3.71. The molecule has 1 aliphatic heterocycles. The molecule has 1 amide bonds. The summed E-state index contributed by atoms with van der Waals surface area (Å²) in [4.78, 5) is 14.0. The summed E-state index contributed by atoms with van der Waals surface area (Å²) in [6.07, 6.45) is 2.18. The van der Waals surface area contributed by atoms with Crippen LogP contribution in [0.3, 0.4) is 0 Å². The van der Waals surface area contributed by atoms with Crippen molar-refractivity contribution in [2.24, 2.45) is 0 Å². The number of likely N-dealkylation sites (tertiary alicyclic amines) is 1. The predicted octanol–water partition coefficient (Wildman–Crippen LogP) is 1.73. The van der Waals surface area contributed by atoms with Gasteiger partial charge in [-0.2, -0.15) is 5.26 Å². The lowest BCUT2D eigenvalue weighted by Gasteiger charge is -2.36. The minimum atomic E-state index is -0.637. The van der Waals surface area contributed by atoms with Crippen molar-refractivity contribution in [3.8, 4) is 6.07 Å². The van der Waals surface area contributed by atoms with Crippen LogP contribution >= 0.6 is 0 Å². The molecule has 1 aromatic rings. The van der Waals surface area contributed by atoms with Crippen molar-refractivity contribution >= 4 is 11.6 Å². The third kappa shape index (κ3) is 4.85. The minimum Gasteiger partial charge on any atom is -0.389 e. The molecule has 1 aromatic carbocycles. The molecule has 0 radical (unpaired) electrons. The smallest absolute Gasteiger partial charge is 0.225 e. The van der Waals surface area contributed by atoms with E-state index in [-0.39, 0.29) is 5.91 Å². The van der Waals surface area contributed by atoms with Crippen LogP contribution in [-0.2, 0) is 4.79 Å². The van der Waals surface area contributed by atoms with E-state index in [9.17, 15) is 9.90 Å². The zero-order valence-corrected chi connectivity index (χ0v) is 12.3. The van der Waals surface area contributed by atoms with Crippen LogP contribution in [0.4, 0.5) is 5.69 Å². The molecular weight excluding hydrogens is 266 g/mol. The summed E-state index contributed by atoms with van der Waals surface area (Å²) in [6, 6.07) is 8.84. The number of benzene rings is 1. The monoisotopic (exact) mass is 287 g/mol. The number of carbonyl (C=O) groups excluding carboxylic acids is 1. The number of nitriles is 1. The highest BCUT2D eigenvalue weighted by Gasteiger charge is 2.28. The molecule has 1 atom stereocenters. The van der Waals surface area contributed by atoms with Crippen LogP contribution in [0.1, 0.15) is 31.7 Å². The highest BCUT2D eigenvalue weighted by atomic mass is 16.3. The molecule has 1 aliphatic rings. The average molecular weight is 287 g/mol. The second kappa shape index (κ2) is 6.70. The van der Waals surface area contributed by atoms with Crippen molar-refractivity contribution in [3.05, 3.63) is 29.8 Å². The molecule has 0 bridgehead atoms. The van der Waals surface area contributed by atoms with E-state index in [1.807, 2.05) is 13.0 Å². The number of carbonyl (C=O) groups is 1. The number of amides is 1. The summed E-state index contributed by atoms with van der Waals surface area (Å²) in [6.45, 7) is 4.05.